The van der Waals surface area contributed by atoms with Crippen LogP contribution < -0.4 is 0 Å². The Kier molecular flexibility index (Phi) is 5.43. The van der Waals surface area contributed by atoms with Gasteiger partial charge >= 0.3 is 0 Å². The van der Waals surface area contributed by atoms with E-state index in [1.807, 2.05) is 24.5 Å². The fourth-order valence-corrected chi connectivity index (χ4v) is 3.27. The highest BCUT2D eigenvalue weighted by atomic mass is 16.5. The molecule has 5 heteroatoms. The Bertz CT molecular complexity index is 606. The highest BCUT2D eigenvalue weighted by Crippen LogP contribution is 2.35. The maximum Gasteiger partial charge on any atom is 0.0960 e. The molecule has 1 saturated heterocycles. The fourth-order valence-electron chi connectivity index (χ4n) is 3.27. The second kappa shape index (κ2) is 7.73. The zero-order valence-corrected chi connectivity index (χ0v) is 13.5. The van der Waals surface area contributed by atoms with E-state index in [9.17, 15) is 5.11 Å². The molecule has 0 bridgehead atoms. The average molecular weight is 316 g/mol. The summed E-state index contributed by atoms with van der Waals surface area (Å²) in [6, 6.07) is 10.1. The van der Waals surface area contributed by atoms with E-state index in [1.165, 1.54) is 5.69 Å². The molecule has 1 aromatic carbocycles. The van der Waals surface area contributed by atoms with Crippen LogP contribution in [0.25, 0.3) is 11.3 Å². The van der Waals surface area contributed by atoms with Gasteiger partial charge in [-0.2, -0.15) is 0 Å². The summed E-state index contributed by atoms with van der Waals surface area (Å²) >= 11 is 0. The molecule has 0 aliphatic carbocycles. The number of aliphatic hydroxyl groups is 1. The Morgan fingerprint density at radius 2 is 2.04 bits per heavy atom. The van der Waals surface area contributed by atoms with Gasteiger partial charge in [-0.3, -0.25) is 0 Å². The Labute approximate surface area is 136 Å². The molecule has 0 radical (unpaired) electrons. The van der Waals surface area contributed by atoms with E-state index in [4.69, 9.17) is 9.47 Å². The van der Waals surface area contributed by atoms with E-state index < -0.39 is 0 Å². The van der Waals surface area contributed by atoms with Crippen LogP contribution in [-0.4, -0.2) is 48.2 Å². The lowest BCUT2D eigenvalue weighted by Gasteiger charge is -2.27. The van der Waals surface area contributed by atoms with Crippen molar-refractivity contribution in [2.24, 2.45) is 0 Å². The molecule has 2 aromatic rings. The number of imidazole rings is 1. The van der Waals surface area contributed by atoms with Crippen LogP contribution in [0.3, 0.4) is 0 Å². The van der Waals surface area contributed by atoms with E-state index in [0.29, 0.717) is 12.5 Å². The third-order valence-electron chi connectivity index (χ3n) is 4.45. The molecule has 1 unspecified atom stereocenters. The highest BCUT2D eigenvalue weighted by molar-refractivity contribution is 5.62. The van der Waals surface area contributed by atoms with Crippen molar-refractivity contribution in [3.8, 4) is 11.3 Å². The molecule has 0 amide bonds. The van der Waals surface area contributed by atoms with Gasteiger partial charge in [-0.25, -0.2) is 4.98 Å². The molecule has 0 saturated carbocycles. The van der Waals surface area contributed by atoms with Crippen molar-refractivity contribution >= 4 is 0 Å². The van der Waals surface area contributed by atoms with Crippen LogP contribution in [0.15, 0.2) is 36.7 Å². The molecule has 1 aliphatic rings. The number of aromatic nitrogens is 2. The van der Waals surface area contributed by atoms with E-state index in [-0.39, 0.29) is 12.6 Å². The van der Waals surface area contributed by atoms with Crippen molar-refractivity contribution in [2.45, 2.75) is 24.8 Å². The van der Waals surface area contributed by atoms with Crippen LogP contribution in [0.4, 0.5) is 0 Å². The maximum absolute atomic E-state index is 9.76. The number of hydrogen-bond donors (Lipinski definition) is 1. The summed E-state index contributed by atoms with van der Waals surface area (Å²) in [6.07, 6.45) is 3.81. The third kappa shape index (κ3) is 3.47. The highest BCUT2D eigenvalue weighted by Gasteiger charge is 2.27. The number of ether oxygens (including phenoxy) is 2. The largest absolute Gasteiger partial charge is 0.394 e. The van der Waals surface area contributed by atoms with Gasteiger partial charge in [0.2, 0.25) is 0 Å². The minimum absolute atomic E-state index is 0.0364. The topological polar surface area (TPSA) is 56.5 Å². The van der Waals surface area contributed by atoms with Gasteiger partial charge in [-0.05, 0) is 12.8 Å². The molecule has 0 spiro atoms. The zero-order chi connectivity index (χ0) is 16.1. The first-order chi connectivity index (χ1) is 11.3. The Morgan fingerprint density at radius 3 is 2.70 bits per heavy atom. The van der Waals surface area contributed by atoms with Gasteiger partial charge in [0.05, 0.1) is 31.3 Å². The van der Waals surface area contributed by atoms with Gasteiger partial charge in [-0.1, -0.05) is 30.3 Å². The van der Waals surface area contributed by atoms with Crippen molar-refractivity contribution in [2.75, 3.05) is 33.5 Å². The molecule has 23 heavy (non-hydrogen) atoms. The second-order valence-corrected chi connectivity index (χ2v) is 5.93. The minimum Gasteiger partial charge on any atom is -0.394 e. The van der Waals surface area contributed by atoms with Crippen LogP contribution >= 0.6 is 0 Å². The fraction of sp³-hybridized carbons (Fsp3) is 0.500. The number of nitrogens with zero attached hydrogens (tertiary/aromatic N) is 2. The summed E-state index contributed by atoms with van der Waals surface area (Å²) in [4.78, 5) is 4.67. The van der Waals surface area contributed by atoms with Crippen molar-refractivity contribution in [1.29, 1.82) is 0 Å². The molecule has 2 heterocycles. The molecule has 1 aliphatic heterocycles. The summed E-state index contributed by atoms with van der Waals surface area (Å²) in [7, 11) is 1.66. The van der Waals surface area contributed by atoms with Gasteiger partial charge in [0.15, 0.2) is 0 Å². The molecule has 3 rings (SSSR count). The zero-order valence-electron chi connectivity index (χ0n) is 13.5. The molecular weight excluding hydrogens is 292 g/mol. The van der Waals surface area contributed by atoms with Gasteiger partial charge in [0.1, 0.15) is 0 Å². The van der Waals surface area contributed by atoms with Crippen molar-refractivity contribution in [1.82, 2.24) is 9.55 Å². The quantitative estimate of drug-likeness (QED) is 0.890. The number of rotatable bonds is 6. The standard InChI is InChI=1S/C18H24N2O3/c1-22-12-16(11-21)20-13-19-17(14-5-3-2-4-6-14)18(20)15-7-9-23-10-8-15/h2-6,13,15-16,21H,7-12H2,1H3. The normalized spacial score (nSPS) is 17.3. The predicted octanol–water partition coefficient (Wildman–Crippen LogP) is 2.62. The van der Waals surface area contributed by atoms with Crippen molar-refractivity contribution in [3.05, 3.63) is 42.4 Å². The monoisotopic (exact) mass is 316 g/mol. The molecule has 124 valence electrons. The van der Waals surface area contributed by atoms with Gasteiger partial charge in [0.25, 0.3) is 0 Å². The summed E-state index contributed by atoms with van der Waals surface area (Å²) in [5.41, 5.74) is 3.31. The molecular formula is C18H24N2O3. The summed E-state index contributed by atoms with van der Waals surface area (Å²) < 4.78 is 12.9. The molecule has 1 N–H and O–H groups in total. The van der Waals surface area contributed by atoms with Crippen molar-refractivity contribution < 1.29 is 14.6 Å². The second-order valence-electron chi connectivity index (χ2n) is 5.93. The molecule has 1 atom stereocenters. The van der Waals surface area contributed by atoms with E-state index in [2.05, 4.69) is 21.7 Å². The van der Waals surface area contributed by atoms with Crippen molar-refractivity contribution in [3.63, 3.8) is 0 Å². The predicted molar refractivity (Wildman–Crippen MR) is 88.5 cm³/mol. The Morgan fingerprint density at radius 1 is 1.30 bits per heavy atom. The Hall–Kier alpha value is -1.69. The maximum atomic E-state index is 9.76. The SMILES string of the molecule is COCC(CO)n1cnc(-c2ccccc2)c1C1CCOCC1. The average Bonchev–Trinajstić information content (AvgIpc) is 3.06. The smallest absolute Gasteiger partial charge is 0.0960 e. The summed E-state index contributed by atoms with van der Waals surface area (Å²) in [5.74, 6) is 0.396. The van der Waals surface area contributed by atoms with E-state index in [0.717, 1.165) is 37.3 Å². The van der Waals surface area contributed by atoms with E-state index in [1.54, 1.807) is 7.11 Å². The first kappa shape index (κ1) is 16.2. The third-order valence-corrected chi connectivity index (χ3v) is 4.45. The van der Waals surface area contributed by atoms with Crippen LogP contribution in [0.5, 0.6) is 0 Å². The number of hydrogen-bond acceptors (Lipinski definition) is 4. The van der Waals surface area contributed by atoms with Gasteiger partial charge in [0, 0.05) is 37.5 Å². The first-order valence-corrected chi connectivity index (χ1v) is 8.14. The minimum atomic E-state index is -0.109. The number of benzene rings is 1. The molecule has 5 nitrogen and oxygen atoms in total. The molecule has 1 fully saturated rings. The Balaban J connectivity index is 2.04. The number of methoxy groups -OCH3 is 1. The van der Waals surface area contributed by atoms with Gasteiger partial charge in [-0.15, -0.1) is 0 Å². The van der Waals surface area contributed by atoms with Gasteiger partial charge < -0.3 is 19.1 Å². The van der Waals surface area contributed by atoms with E-state index >= 15 is 0 Å². The first-order valence-electron chi connectivity index (χ1n) is 8.14. The summed E-state index contributed by atoms with van der Waals surface area (Å²) in [6.45, 7) is 2.06. The molecule has 1 aromatic heterocycles. The van der Waals surface area contributed by atoms with Crippen LogP contribution in [-0.2, 0) is 9.47 Å². The summed E-state index contributed by atoms with van der Waals surface area (Å²) in [5, 5.41) is 9.76. The van der Waals surface area contributed by atoms with Crippen LogP contribution in [0.2, 0.25) is 0 Å². The lowest BCUT2D eigenvalue weighted by Crippen LogP contribution is -2.24. The lowest BCUT2D eigenvalue weighted by molar-refractivity contribution is 0.0800. The van der Waals surface area contributed by atoms with Crippen LogP contribution in [0, 0.1) is 0 Å². The number of aliphatic hydroxyl groups excluding tert-OH is 1. The lowest BCUT2D eigenvalue weighted by atomic mass is 9.92. The van der Waals surface area contributed by atoms with Crippen LogP contribution in [0.1, 0.15) is 30.5 Å².